The standard InChI is InChI=1S/C8H17N3/c1-7(2)11(5)6-10-8(3)9-4/h6-7,9H,3H2,1-2,4-5H3. The van der Waals surface area contributed by atoms with Crippen LogP contribution in [0.5, 0.6) is 0 Å². The minimum absolute atomic E-state index is 0.475. The summed E-state index contributed by atoms with van der Waals surface area (Å²) in [6.45, 7) is 7.88. The van der Waals surface area contributed by atoms with Crippen molar-refractivity contribution in [3.05, 3.63) is 12.4 Å². The van der Waals surface area contributed by atoms with E-state index in [0.717, 1.165) is 0 Å². The Hall–Kier alpha value is -0.990. The third-order valence-corrected chi connectivity index (χ3v) is 1.50. The van der Waals surface area contributed by atoms with Crippen LogP contribution in [0.15, 0.2) is 17.4 Å². The molecule has 0 atom stereocenters. The van der Waals surface area contributed by atoms with Gasteiger partial charge in [-0.25, -0.2) is 4.99 Å². The van der Waals surface area contributed by atoms with Crippen molar-refractivity contribution in [2.24, 2.45) is 4.99 Å². The van der Waals surface area contributed by atoms with Crippen molar-refractivity contribution >= 4 is 6.34 Å². The minimum atomic E-state index is 0.475. The first-order valence-electron chi connectivity index (χ1n) is 3.70. The molecule has 0 radical (unpaired) electrons. The van der Waals surface area contributed by atoms with Gasteiger partial charge in [0.05, 0.1) is 6.34 Å². The molecule has 11 heavy (non-hydrogen) atoms. The average molecular weight is 155 g/mol. The maximum Gasteiger partial charge on any atom is 0.120 e. The number of hydrogen-bond acceptors (Lipinski definition) is 2. The van der Waals surface area contributed by atoms with Gasteiger partial charge in [-0.15, -0.1) is 0 Å². The molecule has 0 spiro atoms. The second kappa shape index (κ2) is 4.77. The summed E-state index contributed by atoms with van der Waals surface area (Å²) in [7, 11) is 3.78. The molecule has 0 aromatic heterocycles. The van der Waals surface area contributed by atoms with Crippen molar-refractivity contribution in [1.29, 1.82) is 0 Å². The molecule has 0 aliphatic rings. The van der Waals surface area contributed by atoms with Gasteiger partial charge in [-0.3, -0.25) is 0 Å². The molecule has 0 bridgehead atoms. The highest BCUT2D eigenvalue weighted by Gasteiger charge is 1.95. The molecule has 3 heteroatoms. The van der Waals surface area contributed by atoms with Crippen LogP contribution in [0.4, 0.5) is 0 Å². The van der Waals surface area contributed by atoms with E-state index in [9.17, 15) is 0 Å². The van der Waals surface area contributed by atoms with E-state index in [0.29, 0.717) is 11.9 Å². The lowest BCUT2D eigenvalue weighted by atomic mass is 10.4. The molecule has 0 unspecified atom stereocenters. The maximum atomic E-state index is 4.06. The summed E-state index contributed by atoms with van der Waals surface area (Å²) >= 11 is 0. The van der Waals surface area contributed by atoms with E-state index in [2.05, 4.69) is 30.7 Å². The molecule has 0 aromatic carbocycles. The van der Waals surface area contributed by atoms with Crippen LogP contribution in [0, 0.1) is 0 Å². The first kappa shape index (κ1) is 10.0. The van der Waals surface area contributed by atoms with E-state index >= 15 is 0 Å². The molecule has 0 aromatic rings. The van der Waals surface area contributed by atoms with E-state index in [1.807, 2.05) is 11.9 Å². The van der Waals surface area contributed by atoms with E-state index < -0.39 is 0 Å². The van der Waals surface area contributed by atoms with E-state index in [4.69, 9.17) is 0 Å². The number of hydrogen-bond donors (Lipinski definition) is 1. The highest BCUT2D eigenvalue weighted by atomic mass is 15.2. The quantitative estimate of drug-likeness (QED) is 0.485. The van der Waals surface area contributed by atoms with Crippen molar-refractivity contribution < 1.29 is 0 Å². The molecule has 0 amide bonds. The molecule has 0 fully saturated rings. The van der Waals surface area contributed by atoms with Crippen LogP contribution in [0.1, 0.15) is 13.8 Å². The molecule has 0 aliphatic heterocycles. The predicted octanol–water partition coefficient (Wildman–Crippen LogP) is 1.05. The third kappa shape index (κ3) is 4.42. The third-order valence-electron chi connectivity index (χ3n) is 1.50. The summed E-state index contributed by atoms with van der Waals surface area (Å²) in [4.78, 5) is 6.08. The Morgan fingerprint density at radius 1 is 1.64 bits per heavy atom. The lowest BCUT2D eigenvalue weighted by Crippen LogP contribution is -2.24. The summed E-state index contributed by atoms with van der Waals surface area (Å²) in [5, 5.41) is 2.84. The van der Waals surface area contributed by atoms with E-state index in [1.54, 1.807) is 13.4 Å². The lowest BCUT2D eigenvalue weighted by Gasteiger charge is -2.17. The Morgan fingerprint density at radius 3 is 2.55 bits per heavy atom. The van der Waals surface area contributed by atoms with E-state index in [-0.39, 0.29) is 0 Å². The molecule has 1 N–H and O–H groups in total. The zero-order valence-corrected chi connectivity index (χ0v) is 7.76. The molecule has 0 saturated carbocycles. The number of aliphatic imine (C=N–C) groups is 1. The fourth-order valence-electron chi connectivity index (χ4n) is 0.359. The highest BCUT2D eigenvalue weighted by Crippen LogP contribution is 1.90. The van der Waals surface area contributed by atoms with Crippen LogP contribution in [0.3, 0.4) is 0 Å². The van der Waals surface area contributed by atoms with Crippen LogP contribution in [0.25, 0.3) is 0 Å². The maximum absolute atomic E-state index is 4.06. The minimum Gasteiger partial charge on any atom is -0.374 e. The average Bonchev–Trinajstić information content (AvgIpc) is 1.99. The zero-order chi connectivity index (χ0) is 8.85. The molecule has 3 nitrogen and oxygen atoms in total. The summed E-state index contributed by atoms with van der Waals surface area (Å²) in [6, 6.07) is 0.475. The van der Waals surface area contributed by atoms with Gasteiger partial charge in [0.15, 0.2) is 0 Å². The molecule has 64 valence electrons. The monoisotopic (exact) mass is 155 g/mol. The van der Waals surface area contributed by atoms with Gasteiger partial charge < -0.3 is 10.2 Å². The first-order valence-corrected chi connectivity index (χ1v) is 3.70. The Bertz CT molecular complexity index is 149. The van der Waals surface area contributed by atoms with Gasteiger partial charge in [-0.05, 0) is 13.8 Å². The largest absolute Gasteiger partial charge is 0.374 e. The molecule has 0 saturated heterocycles. The van der Waals surface area contributed by atoms with Crippen molar-refractivity contribution in [1.82, 2.24) is 10.2 Å². The SMILES string of the molecule is C=C(N=CN(C)C(C)C)NC. The van der Waals surface area contributed by atoms with Crippen molar-refractivity contribution in [2.45, 2.75) is 19.9 Å². The lowest BCUT2D eigenvalue weighted by molar-refractivity contribution is 0.429. The van der Waals surface area contributed by atoms with Gasteiger partial charge in [0.25, 0.3) is 0 Å². The topological polar surface area (TPSA) is 27.6 Å². The molecule has 0 aliphatic carbocycles. The Labute approximate surface area is 68.8 Å². The van der Waals surface area contributed by atoms with Crippen LogP contribution < -0.4 is 5.32 Å². The van der Waals surface area contributed by atoms with Crippen LogP contribution in [-0.4, -0.2) is 31.4 Å². The van der Waals surface area contributed by atoms with Gasteiger partial charge >= 0.3 is 0 Å². The van der Waals surface area contributed by atoms with Gasteiger partial charge in [-0.1, -0.05) is 6.58 Å². The predicted molar refractivity (Wildman–Crippen MR) is 49.6 cm³/mol. The molecular weight excluding hydrogens is 138 g/mol. The van der Waals surface area contributed by atoms with Gasteiger partial charge in [0, 0.05) is 20.1 Å². The fraction of sp³-hybridized carbons (Fsp3) is 0.625. The van der Waals surface area contributed by atoms with Crippen molar-refractivity contribution in [3.63, 3.8) is 0 Å². The van der Waals surface area contributed by atoms with Crippen molar-refractivity contribution in [3.8, 4) is 0 Å². The Kier molecular flexibility index (Phi) is 4.34. The summed E-state index contributed by atoms with van der Waals surface area (Å²) < 4.78 is 0. The first-order chi connectivity index (χ1) is 5.07. The summed E-state index contributed by atoms with van der Waals surface area (Å²) in [6.07, 6.45) is 1.77. The summed E-state index contributed by atoms with van der Waals surface area (Å²) in [5.74, 6) is 0.678. The Balaban J connectivity index is 3.82. The normalized spacial score (nSPS) is 10.6. The Morgan fingerprint density at radius 2 is 2.18 bits per heavy atom. The molecule has 0 heterocycles. The zero-order valence-electron chi connectivity index (χ0n) is 7.76. The van der Waals surface area contributed by atoms with Crippen molar-refractivity contribution in [2.75, 3.05) is 14.1 Å². The van der Waals surface area contributed by atoms with Crippen LogP contribution in [0.2, 0.25) is 0 Å². The second-order valence-electron chi connectivity index (χ2n) is 2.70. The van der Waals surface area contributed by atoms with Crippen LogP contribution >= 0.6 is 0 Å². The fourth-order valence-corrected chi connectivity index (χ4v) is 0.359. The van der Waals surface area contributed by atoms with Gasteiger partial charge in [0.2, 0.25) is 0 Å². The number of rotatable bonds is 4. The van der Waals surface area contributed by atoms with Gasteiger partial charge in [0.1, 0.15) is 5.82 Å². The molecular formula is C8H17N3. The number of nitrogens with one attached hydrogen (secondary N) is 1. The highest BCUT2D eigenvalue weighted by molar-refractivity contribution is 5.56. The number of nitrogens with zero attached hydrogens (tertiary/aromatic N) is 2. The smallest absolute Gasteiger partial charge is 0.120 e. The molecule has 0 rings (SSSR count). The van der Waals surface area contributed by atoms with Gasteiger partial charge in [-0.2, -0.15) is 0 Å². The second-order valence-corrected chi connectivity index (χ2v) is 2.70. The van der Waals surface area contributed by atoms with Crippen LogP contribution in [-0.2, 0) is 0 Å². The summed E-state index contributed by atoms with van der Waals surface area (Å²) in [5.41, 5.74) is 0. The van der Waals surface area contributed by atoms with E-state index in [1.165, 1.54) is 0 Å².